The molecule has 3 rings (SSSR count). The fourth-order valence-corrected chi connectivity index (χ4v) is 2.29. The van der Waals surface area contributed by atoms with Crippen LogP contribution in [0.2, 0.25) is 0 Å². The first kappa shape index (κ1) is 14.2. The molecular weight excluding hydrogens is 258 g/mol. The molecule has 0 atom stereocenters. The summed E-state index contributed by atoms with van der Waals surface area (Å²) >= 11 is 0. The lowest BCUT2D eigenvalue weighted by molar-refractivity contribution is 0.306. The van der Waals surface area contributed by atoms with E-state index in [4.69, 9.17) is 4.74 Å². The summed E-state index contributed by atoms with van der Waals surface area (Å²) in [5.74, 6) is 0.935. The SMILES string of the molecule is CCc1ccc(COc2ccc(CNC3CC3)cc2)cc1. The van der Waals surface area contributed by atoms with Crippen LogP contribution in [0.3, 0.4) is 0 Å². The van der Waals surface area contributed by atoms with E-state index in [-0.39, 0.29) is 0 Å². The normalized spacial score (nSPS) is 14.1. The molecule has 1 aliphatic rings. The zero-order valence-corrected chi connectivity index (χ0v) is 12.6. The molecule has 0 heterocycles. The van der Waals surface area contributed by atoms with E-state index in [1.54, 1.807) is 0 Å². The van der Waals surface area contributed by atoms with Crippen LogP contribution in [0, 0.1) is 0 Å². The summed E-state index contributed by atoms with van der Waals surface area (Å²) in [6.45, 7) is 3.76. The van der Waals surface area contributed by atoms with E-state index in [1.807, 2.05) is 0 Å². The smallest absolute Gasteiger partial charge is 0.119 e. The number of nitrogens with one attached hydrogen (secondary N) is 1. The molecule has 2 nitrogen and oxygen atoms in total. The molecule has 2 heteroatoms. The molecule has 0 saturated heterocycles. The van der Waals surface area contributed by atoms with Crippen molar-refractivity contribution in [3.05, 3.63) is 65.2 Å². The Morgan fingerprint density at radius 1 is 0.905 bits per heavy atom. The Morgan fingerprint density at radius 3 is 2.14 bits per heavy atom. The van der Waals surface area contributed by atoms with Gasteiger partial charge in [0.2, 0.25) is 0 Å². The van der Waals surface area contributed by atoms with Crippen molar-refractivity contribution in [2.75, 3.05) is 0 Å². The minimum absolute atomic E-state index is 0.629. The Bertz CT molecular complexity index is 555. The number of ether oxygens (including phenoxy) is 1. The van der Waals surface area contributed by atoms with Crippen LogP contribution in [-0.4, -0.2) is 6.04 Å². The van der Waals surface area contributed by atoms with Crippen molar-refractivity contribution >= 4 is 0 Å². The second-order valence-electron chi connectivity index (χ2n) is 5.76. The van der Waals surface area contributed by atoms with Crippen molar-refractivity contribution in [2.45, 2.75) is 45.4 Å². The molecule has 0 radical (unpaired) electrons. The van der Waals surface area contributed by atoms with E-state index in [0.717, 1.165) is 24.8 Å². The highest BCUT2D eigenvalue weighted by molar-refractivity contribution is 5.28. The van der Waals surface area contributed by atoms with Crippen LogP contribution in [0.5, 0.6) is 5.75 Å². The van der Waals surface area contributed by atoms with Gasteiger partial charge in [-0.1, -0.05) is 43.3 Å². The number of aryl methyl sites for hydroxylation is 1. The fourth-order valence-electron chi connectivity index (χ4n) is 2.29. The van der Waals surface area contributed by atoms with Crippen LogP contribution in [0.1, 0.15) is 36.5 Å². The van der Waals surface area contributed by atoms with Gasteiger partial charge in [0.15, 0.2) is 0 Å². The maximum absolute atomic E-state index is 5.84. The van der Waals surface area contributed by atoms with Gasteiger partial charge in [-0.3, -0.25) is 0 Å². The van der Waals surface area contributed by atoms with Gasteiger partial charge in [-0.05, 0) is 48.1 Å². The molecule has 21 heavy (non-hydrogen) atoms. The number of rotatable bonds is 7. The molecule has 0 aliphatic heterocycles. The maximum Gasteiger partial charge on any atom is 0.119 e. The monoisotopic (exact) mass is 281 g/mol. The molecule has 1 aliphatic carbocycles. The summed E-state index contributed by atoms with van der Waals surface area (Å²) in [4.78, 5) is 0. The predicted molar refractivity (Wildman–Crippen MR) is 86.5 cm³/mol. The average molecular weight is 281 g/mol. The Labute approximate surface area is 127 Å². The standard InChI is InChI=1S/C19H23NO/c1-2-15-3-5-17(6-4-15)14-21-19-11-7-16(8-12-19)13-20-18-9-10-18/h3-8,11-12,18,20H,2,9-10,13-14H2,1H3. The van der Waals surface area contributed by atoms with Crippen LogP contribution in [0.25, 0.3) is 0 Å². The molecule has 0 amide bonds. The highest BCUT2D eigenvalue weighted by Crippen LogP contribution is 2.20. The third kappa shape index (κ3) is 4.33. The number of hydrogen-bond acceptors (Lipinski definition) is 2. The van der Waals surface area contributed by atoms with E-state index in [1.165, 1.54) is 29.5 Å². The zero-order valence-electron chi connectivity index (χ0n) is 12.6. The van der Waals surface area contributed by atoms with Crippen LogP contribution < -0.4 is 10.1 Å². The molecule has 110 valence electrons. The maximum atomic E-state index is 5.84. The highest BCUT2D eigenvalue weighted by atomic mass is 16.5. The highest BCUT2D eigenvalue weighted by Gasteiger charge is 2.19. The largest absolute Gasteiger partial charge is 0.489 e. The molecule has 1 saturated carbocycles. The lowest BCUT2D eigenvalue weighted by atomic mass is 10.1. The predicted octanol–water partition coefficient (Wildman–Crippen LogP) is 4.08. The number of benzene rings is 2. The Balaban J connectivity index is 1.49. The van der Waals surface area contributed by atoms with Crippen molar-refractivity contribution in [2.24, 2.45) is 0 Å². The van der Waals surface area contributed by atoms with Gasteiger partial charge in [-0.25, -0.2) is 0 Å². The minimum atomic E-state index is 0.629. The second kappa shape index (κ2) is 6.77. The topological polar surface area (TPSA) is 21.3 Å². The lowest BCUT2D eigenvalue weighted by Gasteiger charge is -2.08. The van der Waals surface area contributed by atoms with Crippen LogP contribution in [-0.2, 0) is 19.6 Å². The van der Waals surface area contributed by atoms with Gasteiger partial charge in [0.25, 0.3) is 0 Å². The zero-order chi connectivity index (χ0) is 14.5. The molecule has 0 aromatic heterocycles. The first-order chi connectivity index (χ1) is 10.3. The summed E-state index contributed by atoms with van der Waals surface area (Å²) in [6.07, 6.45) is 3.74. The van der Waals surface area contributed by atoms with Crippen molar-refractivity contribution in [3.63, 3.8) is 0 Å². The van der Waals surface area contributed by atoms with E-state index >= 15 is 0 Å². The third-order valence-electron chi connectivity index (χ3n) is 3.93. The first-order valence-corrected chi connectivity index (χ1v) is 7.86. The Hall–Kier alpha value is -1.80. The summed E-state index contributed by atoms with van der Waals surface area (Å²) in [6, 6.07) is 17.8. The third-order valence-corrected chi connectivity index (χ3v) is 3.93. The van der Waals surface area contributed by atoms with Crippen LogP contribution in [0.15, 0.2) is 48.5 Å². The van der Waals surface area contributed by atoms with E-state index < -0.39 is 0 Å². The molecule has 0 spiro atoms. The lowest BCUT2D eigenvalue weighted by Crippen LogP contribution is -2.15. The van der Waals surface area contributed by atoms with Gasteiger partial charge in [-0.2, -0.15) is 0 Å². The van der Waals surface area contributed by atoms with Gasteiger partial charge >= 0.3 is 0 Å². The van der Waals surface area contributed by atoms with E-state index in [0.29, 0.717) is 6.61 Å². The van der Waals surface area contributed by atoms with Gasteiger partial charge in [0.05, 0.1) is 0 Å². The van der Waals surface area contributed by atoms with Gasteiger partial charge < -0.3 is 10.1 Å². The van der Waals surface area contributed by atoms with Crippen LogP contribution in [0.4, 0.5) is 0 Å². The fraction of sp³-hybridized carbons (Fsp3) is 0.368. The van der Waals surface area contributed by atoms with Crippen molar-refractivity contribution in [3.8, 4) is 5.75 Å². The summed E-state index contributed by atoms with van der Waals surface area (Å²) in [5, 5.41) is 3.52. The van der Waals surface area contributed by atoms with Crippen molar-refractivity contribution in [1.82, 2.24) is 5.32 Å². The Morgan fingerprint density at radius 2 is 1.52 bits per heavy atom. The molecule has 1 fully saturated rings. The van der Waals surface area contributed by atoms with Gasteiger partial charge in [0.1, 0.15) is 12.4 Å². The molecule has 1 N–H and O–H groups in total. The summed E-state index contributed by atoms with van der Waals surface area (Å²) < 4.78 is 5.84. The quantitative estimate of drug-likeness (QED) is 0.825. The van der Waals surface area contributed by atoms with Crippen molar-refractivity contribution in [1.29, 1.82) is 0 Å². The van der Waals surface area contributed by atoms with Crippen molar-refractivity contribution < 1.29 is 4.74 Å². The second-order valence-corrected chi connectivity index (χ2v) is 5.76. The average Bonchev–Trinajstić information content (AvgIpc) is 3.37. The summed E-state index contributed by atoms with van der Waals surface area (Å²) in [5.41, 5.74) is 3.90. The Kier molecular flexibility index (Phi) is 4.56. The summed E-state index contributed by atoms with van der Waals surface area (Å²) in [7, 11) is 0. The molecule has 0 bridgehead atoms. The number of hydrogen-bond donors (Lipinski definition) is 1. The van der Waals surface area contributed by atoms with E-state index in [2.05, 4.69) is 60.8 Å². The molecule has 2 aromatic rings. The van der Waals surface area contributed by atoms with Gasteiger partial charge in [-0.15, -0.1) is 0 Å². The van der Waals surface area contributed by atoms with Crippen LogP contribution >= 0.6 is 0 Å². The molecular formula is C19H23NO. The van der Waals surface area contributed by atoms with Gasteiger partial charge in [0, 0.05) is 12.6 Å². The van der Waals surface area contributed by atoms with E-state index in [9.17, 15) is 0 Å². The first-order valence-electron chi connectivity index (χ1n) is 7.86. The molecule has 2 aromatic carbocycles. The molecule has 0 unspecified atom stereocenters. The minimum Gasteiger partial charge on any atom is -0.489 e.